The number of nitrogens with two attached hydrogens (primary N) is 1. The minimum Gasteiger partial charge on any atom is -0.369 e. The molecule has 7 heteroatoms. The number of rotatable bonds is 11. The number of fused-ring (bicyclic) bond motifs is 1. The molecule has 2 amide bonds. The first-order chi connectivity index (χ1) is 16.2. The monoisotopic (exact) mass is 502 g/mol. The maximum atomic E-state index is 13.7. The summed E-state index contributed by atoms with van der Waals surface area (Å²) in [5.41, 5.74) is 8.55. The number of hydrogen-bond acceptors (Lipinski definition) is 3. The molecule has 0 saturated heterocycles. The van der Waals surface area contributed by atoms with Crippen LogP contribution in [0.3, 0.4) is 0 Å². The fourth-order valence-corrected chi connectivity index (χ4v) is 6.35. The van der Waals surface area contributed by atoms with Crippen molar-refractivity contribution < 1.29 is 13.8 Å². The summed E-state index contributed by atoms with van der Waals surface area (Å²) in [5, 5.41) is 0.0951. The molecule has 2 aromatic carbocycles. The van der Waals surface area contributed by atoms with Gasteiger partial charge in [-0.1, -0.05) is 50.9 Å². The quantitative estimate of drug-likeness (QED) is 0.469. The van der Waals surface area contributed by atoms with E-state index in [2.05, 4.69) is 6.92 Å². The zero-order valence-electron chi connectivity index (χ0n) is 20.3. The van der Waals surface area contributed by atoms with Crippen LogP contribution in [0, 0.1) is 11.8 Å². The minimum absolute atomic E-state index is 0.0809. The zero-order valence-corrected chi connectivity index (χ0v) is 21.8. The highest BCUT2D eigenvalue weighted by Gasteiger charge is 2.33. The second-order valence-corrected chi connectivity index (χ2v) is 11.6. The molecule has 2 unspecified atom stereocenters. The molecule has 0 aliphatic carbocycles. The summed E-state index contributed by atoms with van der Waals surface area (Å²) >= 11 is 6.02. The third-order valence-corrected chi connectivity index (χ3v) is 8.45. The van der Waals surface area contributed by atoms with Crippen LogP contribution >= 0.6 is 11.6 Å². The number of benzene rings is 2. The van der Waals surface area contributed by atoms with Gasteiger partial charge in [-0.2, -0.15) is 0 Å². The first kappa shape index (κ1) is 26.4. The van der Waals surface area contributed by atoms with E-state index in [4.69, 9.17) is 17.3 Å². The Morgan fingerprint density at radius 3 is 2.50 bits per heavy atom. The highest BCUT2D eigenvalue weighted by atomic mass is 35.5. The molecule has 184 valence electrons. The molecule has 3 rings (SSSR count). The van der Waals surface area contributed by atoms with Crippen LogP contribution in [0.5, 0.6) is 0 Å². The number of hydrogen-bond donors (Lipinski definition) is 1. The summed E-state index contributed by atoms with van der Waals surface area (Å²) in [6, 6.07) is 12.8. The Bertz CT molecular complexity index is 1040. The molecule has 2 N–H and O–H groups in total. The lowest BCUT2D eigenvalue weighted by atomic mass is 9.88. The van der Waals surface area contributed by atoms with E-state index in [0.717, 1.165) is 42.5 Å². The van der Waals surface area contributed by atoms with Gasteiger partial charge in [0.15, 0.2) is 0 Å². The van der Waals surface area contributed by atoms with Crippen molar-refractivity contribution >= 4 is 34.2 Å². The van der Waals surface area contributed by atoms with Crippen LogP contribution in [0.2, 0.25) is 5.02 Å². The summed E-state index contributed by atoms with van der Waals surface area (Å²) in [4.78, 5) is 27.9. The van der Waals surface area contributed by atoms with Crippen LogP contribution in [0.15, 0.2) is 47.4 Å². The number of halogens is 1. The summed E-state index contributed by atoms with van der Waals surface area (Å²) < 4.78 is 13.7. The molecule has 0 saturated carbocycles. The predicted octanol–water partition coefficient (Wildman–Crippen LogP) is 5.00. The standard InChI is InChI=1S/C27H35ClN2O3S/c1-4-5-13-30-14-12-20-16-19(6-11-23(20)27(30)32)17-25(24(26(29)31)15-18(2)3)34(33)22-9-7-21(28)8-10-22/h6-11,16,18,24-25H,4-5,12-15,17H2,1-3H3,(H2,29,31)/t24-,25?,34?/m0/s1. The number of carbonyl (C=O) groups is 2. The Morgan fingerprint density at radius 2 is 1.88 bits per heavy atom. The molecule has 0 spiro atoms. The van der Waals surface area contributed by atoms with Gasteiger partial charge >= 0.3 is 0 Å². The summed E-state index contributed by atoms with van der Waals surface area (Å²) in [6.45, 7) is 7.69. The molecule has 34 heavy (non-hydrogen) atoms. The van der Waals surface area contributed by atoms with E-state index in [0.29, 0.717) is 29.3 Å². The molecular formula is C27H35ClN2O3S. The van der Waals surface area contributed by atoms with Crippen molar-refractivity contribution in [1.82, 2.24) is 4.90 Å². The van der Waals surface area contributed by atoms with Crippen LogP contribution in [0.25, 0.3) is 0 Å². The first-order valence-corrected chi connectivity index (χ1v) is 13.7. The molecular weight excluding hydrogens is 468 g/mol. The molecule has 1 heterocycles. The smallest absolute Gasteiger partial charge is 0.254 e. The lowest BCUT2D eigenvalue weighted by molar-refractivity contribution is -0.122. The van der Waals surface area contributed by atoms with E-state index in [-0.39, 0.29) is 11.8 Å². The van der Waals surface area contributed by atoms with E-state index >= 15 is 0 Å². The average molecular weight is 503 g/mol. The van der Waals surface area contributed by atoms with Crippen molar-refractivity contribution in [2.75, 3.05) is 13.1 Å². The van der Waals surface area contributed by atoms with Crippen LogP contribution < -0.4 is 5.73 Å². The van der Waals surface area contributed by atoms with E-state index in [9.17, 15) is 13.8 Å². The van der Waals surface area contributed by atoms with Gasteiger partial charge in [0.05, 0.1) is 22.0 Å². The maximum Gasteiger partial charge on any atom is 0.254 e. The SMILES string of the molecule is CCCCN1CCc2cc(CC([C@H](CC(C)C)C(N)=O)S(=O)c3ccc(Cl)cc3)ccc2C1=O. The third kappa shape index (κ3) is 6.48. The Labute approximate surface area is 210 Å². The van der Waals surface area contributed by atoms with Gasteiger partial charge in [-0.05, 0) is 73.1 Å². The number of nitrogens with zero attached hydrogens (tertiary/aromatic N) is 1. The predicted molar refractivity (Wildman–Crippen MR) is 138 cm³/mol. The number of carbonyl (C=O) groups excluding carboxylic acids is 2. The van der Waals surface area contributed by atoms with Gasteiger partial charge in [0.2, 0.25) is 5.91 Å². The molecule has 5 nitrogen and oxygen atoms in total. The highest BCUT2D eigenvalue weighted by Crippen LogP contribution is 2.29. The van der Waals surface area contributed by atoms with Gasteiger partial charge in [0, 0.05) is 28.6 Å². The van der Waals surface area contributed by atoms with Gasteiger partial charge in [-0.3, -0.25) is 13.8 Å². The highest BCUT2D eigenvalue weighted by molar-refractivity contribution is 7.85. The Hall–Kier alpha value is -2.18. The van der Waals surface area contributed by atoms with Crippen LogP contribution in [0.4, 0.5) is 0 Å². The summed E-state index contributed by atoms with van der Waals surface area (Å²) in [6.07, 6.45) is 3.86. The van der Waals surface area contributed by atoms with E-state index in [1.807, 2.05) is 36.9 Å². The van der Waals surface area contributed by atoms with Crippen molar-refractivity contribution in [2.24, 2.45) is 17.6 Å². The van der Waals surface area contributed by atoms with Crippen molar-refractivity contribution in [2.45, 2.75) is 63.0 Å². The molecule has 1 aliphatic rings. The Morgan fingerprint density at radius 1 is 1.18 bits per heavy atom. The summed E-state index contributed by atoms with van der Waals surface area (Å²) in [5.74, 6) is -0.644. The fraction of sp³-hybridized carbons (Fsp3) is 0.481. The van der Waals surface area contributed by atoms with Crippen molar-refractivity contribution in [3.8, 4) is 0 Å². The van der Waals surface area contributed by atoms with Crippen LogP contribution in [-0.2, 0) is 28.4 Å². The van der Waals surface area contributed by atoms with Crippen LogP contribution in [-0.4, -0.2) is 39.3 Å². The number of unbranched alkanes of at least 4 members (excludes halogenated alkanes) is 1. The summed E-state index contributed by atoms with van der Waals surface area (Å²) in [7, 11) is -1.45. The van der Waals surface area contributed by atoms with Gasteiger partial charge in [0.1, 0.15) is 0 Å². The Kier molecular flexibility index (Phi) is 9.31. The Balaban J connectivity index is 1.90. The second kappa shape index (κ2) is 12.0. The number of amides is 2. The molecule has 0 aromatic heterocycles. The van der Waals surface area contributed by atoms with E-state index in [1.54, 1.807) is 24.3 Å². The molecule has 0 bridgehead atoms. The molecule has 0 fully saturated rings. The number of primary amides is 1. The van der Waals surface area contributed by atoms with Gasteiger partial charge in [-0.15, -0.1) is 0 Å². The normalized spacial score (nSPS) is 16.3. The zero-order chi connectivity index (χ0) is 24.8. The molecule has 1 aliphatic heterocycles. The molecule has 2 aromatic rings. The lowest BCUT2D eigenvalue weighted by Gasteiger charge is -2.30. The van der Waals surface area contributed by atoms with Gasteiger partial charge < -0.3 is 10.6 Å². The molecule has 0 radical (unpaired) electrons. The largest absolute Gasteiger partial charge is 0.369 e. The molecule has 3 atom stereocenters. The maximum absolute atomic E-state index is 13.7. The first-order valence-electron chi connectivity index (χ1n) is 12.1. The van der Waals surface area contributed by atoms with Gasteiger partial charge in [-0.25, -0.2) is 0 Å². The van der Waals surface area contributed by atoms with Crippen molar-refractivity contribution in [1.29, 1.82) is 0 Å². The third-order valence-electron chi connectivity index (χ3n) is 6.42. The average Bonchev–Trinajstić information content (AvgIpc) is 2.80. The van der Waals surface area contributed by atoms with Crippen LogP contribution in [0.1, 0.15) is 61.5 Å². The lowest BCUT2D eigenvalue weighted by Crippen LogP contribution is -2.39. The van der Waals surface area contributed by atoms with E-state index in [1.165, 1.54) is 0 Å². The topological polar surface area (TPSA) is 80.5 Å². The second-order valence-electron chi connectivity index (χ2n) is 9.52. The minimum atomic E-state index is -1.45. The van der Waals surface area contributed by atoms with E-state index < -0.39 is 27.9 Å². The van der Waals surface area contributed by atoms with Gasteiger partial charge in [0.25, 0.3) is 5.91 Å². The van der Waals surface area contributed by atoms with Crippen molar-refractivity contribution in [3.63, 3.8) is 0 Å². The fourth-order valence-electron chi connectivity index (χ4n) is 4.58. The van der Waals surface area contributed by atoms with Crippen molar-refractivity contribution in [3.05, 3.63) is 64.2 Å².